The third-order valence-electron chi connectivity index (χ3n) is 4.49. The molecule has 7 nitrogen and oxygen atoms in total. The van der Waals surface area contributed by atoms with Crippen molar-refractivity contribution >= 4 is 0 Å². The number of rotatable bonds is 4. The average Bonchev–Trinajstić information content (AvgIpc) is 3.00. The number of ether oxygens (including phenoxy) is 2. The Kier molecular flexibility index (Phi) is 4.20. The molecule has 0 aromatic carbocycles. The molecule has 2 aromatic rings. The van der Waals surface area contributed by atoms with Crippen LogP contribution in [0.2, 0.25) is 0 Å². The van der Waals surface area contributed by atoms with Gasteiger partial charge >= 0.3 is 0 Å². The SMILES string of the molecule is C[C@@H]1CN(C)C[C@H](c2nc(-c3ccnc(OC4CCC4)c3)no2)O1. The van der Waals surface area contributed by atoms with Gasteiger partial charge in [0.05, 0.1) is 6.10 Å². The zero-order valence-corrected chi connectivity index (χ0v) is 14.0. The molecule has 128 valence electrons. The molecular formula is C17H22N4O3. The summed E-state index contributed by atoms with van der Waals surface area (Å²) in [7, 11) is 2.07. The van der Waals surface area contributed by atoms with Gasteiger partial charge in [-0.1, -0.05) is 5.16 Å². The first kappa shape index (κ1) is 15.5. The van der Waals surface area contributed by atoms with E-state index >= 15 is 0 Å². The van der Waals surface area contributed by atoms with Crippen molar-refractivity contribution in [2.24, 2.45) is 0 Å². The molecule has 0 radical (unpaired) electrons. The molecule has 2 fully saturated rings. The van der Waals surface area contributed by atoms with Crippen LogP contribution in [0, 0.1) is 0 Å². The smallest absolute Gasteiger partial charge is 0.257 e. The molecule has 1 saturated carbocycles. The van der Waals surface area contributed by atoms with E-state index in [-0.39, 0.29) is 12.2 Å². The fraction of sp³-hybridized carbons (Fsp3) is 0.588. The van der Waals surface area contributed by atoms with Crippen molar-refractivity contribution in [3.63, 3.8) is 0 Å². The van der Waals surface area contributed by atoms with Gasteiger partial charge in [0.2, 0.25) is 11.7 Å². The van der Waals surface area contributed by atoms with Gasteiger partial charge in [0, 0.05) is 30.9 Å². The fourth-order valence-electron chi connectivity index (χ4n) is 3.05. The molecule has 0 unspecified atom stereocenters. The summed E-state index contributed by atoms with van der Waals surface area (Å²) in [6, 6.07) is 3.72. The van der Waals surface area contributed by atoms with Crippen LogP contribution in [-0.2, 0) is 4.74 Å². The number of nitrogens with zero attached hydrogens (tertiary/aromatic N) is 4. The minimum Gasteiger partial charge on any atom is -0.474 e. The second-order valence-electron chi connectivity index (χ2n) is 6.67. The Bertz CT molecular complexity index is 691. The maximum Gasteiger partial charge on any atom is 0.257 e. The lowest BCUT2D eigenvalue weighted by Crippen LogP contribution is -2.40. The van der Waals surface area contributed by atoms with E-state index in [4.69, 9.17) is 14.0 Å². The average molecular weight is 330 g/mol. The van der Waals surface area contributed by atoms with Gasteiger partial charge in [0.1, 0.15) is 12.2 Å². The van der Waals surface area contributed by atoms with Crippen LogP contribution in [0.25, 0.3) is 11.4 Å². The zero-order chi connectivity index (χ0) is 16.5. The van der Waals surface area contributed by atoms with Crippen molar-refractivity contribution in [1.29, 1.82) is 0 Å². The van der Waals surface area contributed by atoms with Crippen LogP contribution in [0.4, 0.5) is 0 Å². The number of hydrogen-bond donors (Lipinski definition) is 0. The summed E-state index contributed by atoms with van der Waals surface area (Å²) in [6.07, 6.45) is 5.40. The molecule has 4 rings (SSSR count). The minimum atomic E-state index is -0.187. The van der Waals surface area contributed by atoms with E-state index in [2.05, 4.69) is 27.1 Å². The Morgan fingerprint density at radius 3 is 2.92 bits per heavy atom. The van der Waals surface area contributed by atoms with E-state index in [1.165, 1.54) is 6.42 Å². The van der Waals surface area contributed by atoms with Crippen molar-refractivity contribution < 1.29 is 14.0 Å². The summed E-state index contributed by atoms with van der Waals surface area (Å²) in [5.74, 6) is 1.67. The highest BCUT2D eigenvalue weighted by molar-refractivity contribution is 5.55. The third kappa shape index (κ3) is 3.27. The monoisotopic (exact) mass is 330 g/mol. The summed E-state index contributed by atoms with van der Waals surface area (Å²) in [6.45, 7) is 3.70. The van der Waals surface area contributed by atoms with Gasteiger partial charge in [0.25, 0.3) is 5.89 Å². The molecule has 24 heavy (non-hydrogen) atoms. The quantitative estimate of drug-likeness (QED) is 0.852. The minimum absolute atomic E-state index is 0.146. The Morgan fingerprint density at radius 1 is 1.29 bits per heavy atom. The second kappa shape index (κ2) is 6.49. The summed E-state index contributed by atoms with van der Waals surface area (Å²) >= 11 is 0. The van der Waals surface area contributed by atoms with Crippen molar-refractivity contribution in [2.45, 2.75) is 44.5 Å². The van der Waals surface area contributed by atoms with Gasteiger partial charge < -0.3 is 18.9 Å². The summed E-state index contributed by atoms with van der Waals surface area (Å²) in [5, 5.41) is 4.10. The van der Waals surface area contributed by atoms with Crippen LogP contribution in [0.15, 0.2) is 22.9 Å². The highest BCUT2D eigenvalue weighted by atomic mass is 16.5. The van der Waals surface area contributed by atoms with Crippen LogP contribution in [0.5, 0.6) is 5.88 Å². The van der Waals surface area contributed by atoms with Crippen LogP contribution < -0.4 is 4.74 Å². The topological polar surface area (TPSA) is 73.5 Å². The number of pyridine rings is 1. The predicted molar refractivity (Wildman–Crippen MR) is 86.6 cm³/mol. The number of likely N-dealkylation sites (N-methyl/N-ethyl adjacent to an activating group) is 1. The van der Waals surface area contributed by atoms with E-state index in [0.29, 0.717) is 23.7 Å². The highest BCUT2D eigenvalue weighted by Crippen LogP contribution is 2.28. The first-order chi connectivity index (χ1) is 11.7. The second-order valence-corrected chi connectivity index (χ2v) is 6.67. The third-order valence-corrected chi connectivity index (χ3v) is 4.49. The van der Waals surface area contributed by atoms with Crippen molar-refractivity contribution in [3.05, 3.63) is 24.2 Å². The molecule has 2 atom stereocenters. The first-order valence-electron chi connectivity index (χ1n) is 8.48. The molecule has 3 heterocycles. The highest BCUT2D eigenvalue weighted by Gasteiger charge is 2.29. The number of hydrogen-bond acceptors (Lipinski definition) is 7. The van der Waals surface area contributed by atoms with Crippen LogP contribution >= 0.6 is 0 Å². The lowest BCUT2D eigenvalue weighted by atomic mass is 9.96. The lowest BCUT2D eigenvalue weighted by molar-refractivity contribution is -0.0838. The Labute approximate surface area is 141 Å². The molecular weight excluding hydrogens is 308 g/mol. The Morgan fingerprint density at radius 2 is 2.17 bits per heavy atom. The Hall–Kier alpha value is -1.99. The molecule has 1 aliphatic heterocycles. The summed E-state index contributed by atoms with van der Waals surface area (Å²) < 4.78 is 17.2. The molecule has 0 N–H and O–H groups in total. The predicted octanol–water partition coefficient (Wildman–Crippen LogP) is 2.45. The molecule has 2 aliphatic rings. The maximum atomic E-state index is 5.92. The number of morpholine rings is 1. The van der Waals surface area contributed by atoms with Gasteiger partial charge in [-0.25, -0.2) is 4.98 Å². The van der Waals surface area contributed by atoms with Crippen LogP contribution in [0.3, 0.4) is 0 Å². The van der Waals surface area contributed by atoms with E-state index in [1.807, 2.05) is 19.1 Å². The van der Waals surface area contributed by atoms with E-state index in [1.54, 1.807) is 6.20 Å². The summed E-state index contributed by atoms with van der Waals surface area (Å²) in [4.78, 5) is 11.0. The van der Waals surface area contributed by atoms with E-state index in [0.717, 1.165) is 31.5 Å². The zero-order valence-electron chi connectivity index (χ0n) is 14.0. The van der Waals surface area contributed by atoms with E-state index in [9.17, 15) is 0 Å². The normalized spacial score (nSPS) is 25.4. The van der Waals surface area contributed by atoms with Gasteiger partial charge in [0.15, 0.2) is 0 Å². The fourth-order valence-corrected chi connectivity index (χ4v) is 3.05. The standard InChI is InChI=1S/C17H22N4O3/c1-11-9-21(2)10-14(22-11)17-19-16(20-24-17)12-6-7-18-15(8-12)23-13-4-3-5-13/h6-8,11,13-14H,3-5,9-10H2,1-2H3/t11-,14-/m1/s1. The van der Waals surface area contributed by atoms with Gasteiger partial charge in [-0.2, -0.15) is 4.98 Å². The molecule has 1 saturated heterocycles. The molecule has 0 bridgehead atoms. The van der Waals surface area contributed by atoms with Crippen molar-refractivity contribution in [3.8, 4) is 17.3 Å². The van der Waals surface area contributed by atoms with Crippen LogP contribution in [0.1, 0.15) is 38.2 Å². The molecule has 2 aromatic heterocycles. The molecule has 7 heteroatoms. The van der Waals surface area contributed by atoms with Crippen molar-refractivity contribution in [1.82, 2.24) is 20.0 Å². The lowest BCUT2D eigenvalue weighted by Gasteiger charge is -2.32. The maximum absolute atomic E-state index is 5.92. The van der Waals surface area contributed by atoms with Gasteiger partial charge in [-0.15, -0.1) is 0 Å². The molecule has 0 amide bonds. The van der Waals surface area contributed by atoms with Crippen molar-refractivity contribution in [2.75, 3.05) is 20.1 Å². The first-order valence-corrected chi connectivity index (χ1v) is 8.48. The molecule has 1 aliphatic carbocycles. The van der Waals surface area contributed by atoms with E-state index < -0.39 is 0 Å². The number of aromatic nitrogens is 3. The van der Waals surface area contributed by atoms with Gasteiger partial charge in [-0.3, -0.25) is 0 Å². The molecule has 0 spiro atoms. The van der Waals surface area contributed by atoms with Crippen LogP contribution in [-0.4, -0.2) is 52.4 Å². The van der Waals surface area contributed by atoms with Gasteiger partial charge in [-0.05, 0) is 39.3 Å². The summed E-state index contributed by atoms with van der Waals surface area (Å²) in [5.41, 5.74) is 0.839. The largest absolute Gasteiger partial charge is 0.474 e. The Balaban J connectivity index is 1.50.